The zero-order valence-corrected chi connectivity index (χ0v) is 13.7. The smallest absolute Gasteiger partial charge is 0.0369 e. The van der Waals surface area contributed by atoms with Gasteiger partial charge in [0.25, 0.3) is 0 Å². The van der Waals surface area contributed by atoms with Crippen LogP contribution < -0.4 is 5.32 Å². The van der Waals surface area contributed by atoms with Crippen LogP contribution >= 0.6 is 11.8 Å². The number of fused-ring (bicyclic) bond motifs is 1. The molecule has 0 saturated carbocycles. The van der Waals surface area contributed by atoms with Crippen LogP contribution in [0.1, 0.15) is 34.7 Å². The van der Waals surface area contributed by atoms with E-state index in [0.29, 0.717) is 6.04 Å². The van der Waals surface area contributed by atoms with Gasteiger partial charge in [-0.2, -0.15) is 0 Å². The molecule has 0 radical (unpaired) electrons. The lowest BCUT2D eigenvalue weighted by atomic mass is 9.96. The van der Waals surface area contributed by atoms with Gasteiger partial charge in [-0.1, -0.05) is 36.4 Å². The van der Waals surface area contributed by atoms with Crippen molar-refractivity contribution < 1.29 is 0 Å². The molecule has 0 saturated heterocycles. The molecule has 0 aliphatic heterocycles. The third-order valence-electron chi connectivity index (χ3n) is 4.47. The van der Waals surface area contributed by atoms with E-state index < -0.39 is 0 Å². The van der Waals surface area contributed by atoms with Crippen LogP contribution in [0.5, 0.6) is 0 Å². The van der Waals surface area contributed by atoms with E-state index in [1.807, 2.05) is 11.8 Å². The van der Waals surface area contributed by atoms with Crippen molar-refractivity contribution in [2.75, 3.05) is 13.3 Å². The molecule has 1 N–H and O–H groups in total. The van der Waals surface area contributed by atoms with Crippen LogP contribution in [0.3, 0.4) is 0 Å². The van der Waals surface area contributed by atoms with Crippen LogP contribution in [-0.2, 0) is 19.3 Å². The summed E-state index contributed by atoms with van der Waals surface area (Å²) in [5, 5.41) is 3.50. The van der Waals surface area contributed by atoms with Gasteiger partial charge in [-0.05, 0) is 67.3 Å². The summed E-state index contributed by atoms with van der Waals surface area (Å²) in [6, 6.07) is 16.2. The zero-order chi connectivity index (χ0) is 14.7. The Hall–Kier alpha value is -1.25. The first-order valence-electron chi connectivity index (χ1n) is 7.72. The lowest BCUT2D eigenvalue weighted by molar-refractivity contribution is 0.582. The van der Waals surface area contributed by atoms with Gasteiger partial charge in [-0.25, -0.2) is 0 Å². The molecule has 21 heavy (non-hydrogen) atoms. The van der Waals surface area contributed by atoms with Crippen LogP contribution in [0.4, 0.5) is 0 Å². The summed E-state index contributed by atoms with van der Waals surface area (Å²) >= 11 is 1.83. The summed E-state index contributed by atoms with van der Waals surface area (Å²) < 4.78 is 0. The minimum absolute atomic E-state index is 0.383. The predicted octanol–water partition coefficient (Wildman–Crippen LogP) is 4.40. The fourth-order valence-electron chi connectivity index (χ4n) is 3.31. The Balaban J connectivity index is 1.84. The van der Waals surface area contributed by atoms with Crippen LogP contribution in [0, 0.1) is 0 Å². The molecular weight excluding hydrogens is 274 g/mol. The Labute approximate surface area is 132 Å². The number of thioether (sulfide) groups is 1. The quantitative estimate of drug-likeness (QED) is 0.821. The van der Waals surface area contributed by atoms with Gasteiger partial charge < -0.3 is 5.32 Å². The molecule has 1 aliphatic rings. The molecule has 1 atom stereocenters. The summed E-state index contributed by atoms with van der Waals surface area (Å²) in [4.78, 5) is 1.37. The van der Waals surface area contributed by atoms with Crippen LogP contribution in [0.15, 0.2) is 47.4 Å². The Morgan fingerprint density at radius 3 is 2.71 bits per heavy atom. The van der Waals surface area contributed by atoms with Gasteiger partial charge in [0.05, 0.1) is 0 Å². The van der Waals surface area contributed by atoms with Crippen molar-refractivity contribution in [2.45, 2.75) is 36.6 Å². The van der Waals surface area contributed by atoms with Crippen molar-refractivity contribution in [3.63, 3.8) is 0 Å². The van der Waals surface area contributed by atoms with E-state index in [9.17, 15) is 0 Å². The molecule has 0 spiro atoms. The first kappa shape index (κ1) is 14.7. The van der Waals surface area contributed by atoms with Crippen LogP contribution in [0.2, 0.25) is 0 Å². The maximum absolute atomic E-state index is 3.50. The van der Waals surface area contributed by atoms with Crippen LogP contribution in [0.25, 0.3) is 0 Å². The molecule has 2 heteroatoms. The van der Waals surface area contributed by atoms with Gasteiger partial charge in [0.15, 0.2) is 0 Å². The maximum atomic E-state index is 3.50. The highest BCUT2D eigenvalue weighted by Crippen LogP contribution is 2.29. The highest BCUT2D eigenvalue weighted by Gasteiger charge is 2.16. The first-order chi connectivity index (χ1) is 10.3. The molecule has 110 valence electrons. The van der Waals surface area contributed by atoms with Gasteiger partial charge in [0, 0.05) is 10.9 Å². The highest BCUT2D eigenvalue weighted by atomic mass is 32.2. The van der Waals surface area contributed by atoms with Crippen molar-refractivity contribution >= 4 is 11.8 Å². The van der Waals surface area contributed by atoms with Crippen molar-refractivity contribution in [1.29, 1.82) is 0 Å². The summed E-state index contributed by atoms with van der Waals surface area (Å²) in [7, 11) is 2.06. The van der Waals surface area contributed by atoms with E-state index in [1.165, 1.54) is 35.3 Å². The largest absolute Gasteiger partial charge is 0.313 e. The van der Waals surface area contributed by atoms with E-state index >= 15 is 0 Å². The second kappa shape index (κ2) is 6.67. The van der Waals surface area contributed by atoms with E-state index in [0.717, 1.165) is 6.42 Å². The van der Waals surface area contributed by atoms with Crippen molar-refractivity contribution in [3.05, 3.63) is 64.7 Å². The van der Waals surface area contributed by atoms with Crippen molar-refractivity contribution in [3.8, 4) is 0 Å². The monoisotopic (exact) mass is 297 g/mol. The minimum Gasteiger partial charge on any atom is -0.313 e. The highest BCUT2D eigenvalue weighted by molar-refractivity contribution is 7.98. The lowest BCUT2D eigenvalue weighted by Crippen LogP contribution is -2.19. The number of aryl methyl sites for hydroxylation is 2. The molecule has 1 nitrogen and oxygen atoms in total. The van der Waals surface area contributed by atoms with E-state index in [4.69, 9.17) is 0 Å². The van der Waals surface area contributed by atoms with Crippen molar-refractivity contribution in [1.82, 2.24) is 5.32 Å². The first-order valence-corrected chi connectivity index (χ1v) is 8.95. The fourth-order valence-corrected chi connectivity index (χ4v) is 3.97. The SMILES string of the molecule is CNC(Cc1ccc2c(c1)CCC2)c1ccccc1SC. The number of hydrogen-bond acceptors (Lipinski definition) is 2. The fraction of sp³-hybridized carbons (Fsp3) is 0.368. The number of benzene rings is 2. The van der Waals surface area contributed by atoms with Crippen molar-refractivity contribution in [2.24, 2.45) is 0 Å². The summed E-state index contributed by atoms with van der Waals surface area (Å²) in [6.45, 7) is 0. The Morgan fingerprint density at radius 2 is 1.90 bits per heavy atom. The lowest BCUT2D eigenvalue weighted by Gasteiger charge is -2.20. The maximum Gasteiger partial charge on any atom is 0.0369 e. The molecular formula is C19H23NS. The van der Waals surface area contributed by atoms with E-state index in [1.54, 1.807) is 11.1 Å². The van der Waals surface area contributed by atoms with Crippen LogP contribution in [-0.4, -0.2) is 13.3 Å². The second-order valence-corrected chi connectivity index (χ2v) is 6.59. The van der Waals surface area contributed by atoms with E-state index in [-0.39, 0.29) is 0 Å². The molecule has 2 aromatic carbocycles. The summed E-state index contributed by atoms with van der Waals surface area (Å²) in [5.41, 5.74) is 5.99. The molecule has 0 heterocycles. The Morgan fingerprint density at radius 1 is 1.10 bits per heavy atom. The Bertz CT molecular complexity index is 621. The number of likely N-dealkylation sites (N-methyl/N-ethyl adjacent to an activating group) is 1. The van der Waals surface area contributed by atoms with Gasteiger partial charge >= 0.3 is 0 Å². The van der Waals surface area contributed by atoms with E-state index in [2.05, 4.69) is 61.1 Å². The molecule has 0 amide bonds. The van der Waals surface area contributed by atoms with Gasteiger partial charge in [0.1, 0.15) is 0 Å². The van der Waals surface area contributed by atoms with Gasteiger partial charge in [0.2, 0.25) is 0 Å². The summed E-state index contributed by atoms with van der Waals surface area (Å²) in [6.07, 6.45) is 7.06. The number of nitrogens with one attached hydrogen (secondary N) is 1. The average Bonchev–Trinajstić information content (AvgIpc) is 3.00. The summed E-state index contributed by atoms with van der Waals surface area (Å²) in [5.74, 6) is 0. The number of rotatable bonds is 5. The molecule has 1 aliphatic carbocycles. The third kappa shape index (κ3) is 3.17. The molecule has 1 unspecified atom stereocenters. The standard InChI is InChI=1S/C19H23NS/c1-20-18(17-8-3-4-9-19(17)21-2)13-14-10-11-15-6-5-7-16(15)12-14/h3-4,8-12,18,20H,5-7,13H2,1-2H3. The predicted molar refractivity (Wildman–Crippen MR) is 92.2 cm³/mol. The third-order valence-corrected chi connectivity index (χ3v) is 5.28. The topological polar surface area (TPSA) is 12.0 Å². The molecule has 0 bridgehead atoms. The molecule has 3 rings (SSSR count). The number of hydrogen-bond donors (Lipinski definition) is 1. The Kier molecular flexibility index (Phi) is 4.67. The zero-order valence-electron chi connectivity index (χ0n) is 12.9. The normalized spacial score (nSPS) is 15.0. The molecule has 2 aromatic rings. The van der Waals surface area contributed by atoms with Gasteiger partial charge in [-0.3, -0.25) is 0 Å². The minimum atomic E-state index is 0.383. The second-order valence-electron chi connectivity index (χ2n) is 5.74. The van der Waals surface area contributed by atoms with Gasteiger partial charge in [-0.15, -0.1) is 11.8 Å². The molecule has 0 fully saturated rings. The average molecular weight is 297 g/mol. The molecule has 0 aromatic heterocycles.